The summed E-state index contributed by atoms with van der Waals surface area (Å²) in [4.78, 5) is 23.1. The van der Waals surface area contributed by atoms with Crippen molar-refractivity contribution < 1.29 is 4.79 Å². The Kier molecular flexibility index (Phi) is 12.1. The molecule has 1 aliphatic carbocycles. The molecule has 8 heteroatoms. The number of aliphatic imine (C=N–C) groups is 1. The van der Waals surface area contributed by atoms with Crippen LogP contribution in [0.4, 0.5) is 5.82 Å². The molecule has 0 radical (unpaired) electrons. The van der Waals surface area contributed by atoms with E-state index in [1.807, 2.05) is 12.3 Å². The summed E-state index contributed by atoms with van der Waals surface area (Å²) in [5.41, 5.74) is 6.59. The molecular formula is C24H41IN6O. The number of halogens is 1. The van der Waals surface area contributed by atoms with Crippen molar-refractivity contribution in [3.8, 4) is 0 Å². The van der Waals surface area contributed by atoms with Crippen molar-refractivity contribution in [2.45, 2.75) is 71.3 Å². The van der Waals surface area contributed by atoms with Crippen LogP contribution in [-0.4, -0.2) is 43.0 Å². The fourth-order valence-electron chi connectivity index (χ4n) is 4.78. The number of unbranched alkanes of at least 4 members (excludes halogenated alkanes) is 1. The SMILES string of the molecule is CCNC(=NCc1cccnc1N1CCC(C(N)=O)CC1)NCCCCC1CCCC1.I. The first-order chi connectivity index (χ1) is 15.2. The average molecular weight is 557 g/mol. The molecule has 2 fully saturated rings. The summed E-state index contributed by atoms with van der Waals surface area (Å²) in [6, 6.07) is 4.06. The molecule has 1 saturated heterocycles. The van der Waals surface area contributed by atoms with E-state index in [4.69, 9.17) is 10.7 Å². The number of anilines is 1. The summed E-state index contributed by atoms with van der Waals surface area (Å²) in [6.45, 7) is 6.08. The van der Waals surface area contributed by atoms with Gasteiger partial charge >= 0.3 is 0 Å². The largest absolute Gasteiger partial charge is 0.369 e. The van der Waals surface area contributed by atoms with Crippen molar-refractivity contribution in [2.75, 3.05) is 31.1 Å². The van der Waals surface area contributed by atoms with Crippen molar-refractivity contribution >= 4 is 41.7 Å². The second kappa shape index (κ2) is 14.5. The number of pyridine rings is 1. The van der Waals surface area contributed by atoms with E-state index >= 15 is 0 Å². The fraction of sp³-hybridized carbons (Fsp3) is 0.708. The van der Waals surface area contributed by atoms with Gasteiger partial charge in [0, 0.05) is 43.9 Å². The Labute approximate surface area is 210 Å². The quantitative estimate of drug-likeness (QED) is 0.176. The molecule has 7 nitrogen and oxygen atoms in total. The van der Waals surface area contributed by atoms with E-state index in [1.54, 1.807) is 0 Å². The van der Waals surface area contributed by atoms with Gasteiger partial charge in [0.1, 0.15) is 5.82 Å². The van der Waals surface area contributed by atoms with Crippen LogP contribution in [0.15, 0.2) is 23.3 Å². The molecule has 0 aromatic carbocycles. The highest BCUT2D eigenvalue weighted by atomic mass is 127. The van der Waals surface area contributed by atoms with Crippen LogP contribution in [0.3, 0.4) is 0 Å². The van der Waals surface area contributed by atoms with Gasteiger partial charge in [-0.15, -0.1) is 24.0 Å². The minimum atomic E-state index is -0.185. The van der Waals surface area contributed by atoms with Gasteiger partial charge in [0.2, 0.25) is 5.91 Å². The first-order valence-corrected chi connectivity index (χ1v) is 12.2. The summed E-state index contributed by atoms with van der Waals surface area (Å²) in [7, 11) is 0. The fourth-order valence-corrected chi connectivity index (χ4v) is 4.78. The lowest BCUT2D eigenvalue weighted by atomic mass is 9.96. The molecule has 1 aromatic heterocycles. The monoisotopic (exact) mass is 556 g/mol. The summed E-state index contributed by atoms with van der Waals surface area (Å²) in [5, 5.41) is 6.84. The summed E-state index contributed by atoms with van der Waals surface area (Å²) in [5.74, 6) is 2.61. The van der Waals surface area contributed by atoms with Crippen LogP contribution >= 0.6 is 24.0 Å². The molecule has 3 rings (SSSR count). The van der Waals surface area contributed by atoms with Gasteiger partial charge in [0.25, 0.3) is 0 Å². The number of nitrogens with zero attached hydrogens (tertiary/aromatic N) is 3. The number of nitrogens with two attached hydrogens (primary N) is 1. The van der Waals surface area contributed by atoms with E-state index in [9.17, 15) is 4.79 Å². The Morgan fingerprint density at radius 3 is 2.62 bits per heavy atom. The minimum Gasteiger partial charge on any atom is -0.369 e. The Bertz CT molecular complexity index is 714. The second-order valence-corrected chi connectivity index (χ2v) is 8.92. The van der Waals surface area contributed by atoms with Crippen molar-refractivity contribution in [1.29, 1.82) is 0 Å². The van der Waals surface area contributed by atoms with E-state index in [-0.39, 0.29) is 35.8 Å². The maximum Gasteiger partial charge on any atom is 0.220 e. The van der Waals surface area contributed by atoms with Crippen LogP contribution in [-0.2, 0) is 11.3 Å². The van der Waals surface area contributed by atoms with Crippen LogP contribution in [0.1, 0.15) is 70.3 Å². The molecule has 0 unspecified atom stereocenters. The number of aromatic nitrogens is 1. The standard InChI is InChI=1S/C24H40N6O.HI/c1-2-26-24(28-14-6-5-10-19-8-3-4-9-19)29-18-21-11-7-15-27-23(21)30-16-12-20(13-17-30)22(25)31;/h7,11,15,19-20H,2-6,8-10,12-14,16-18H2,1H3,(H2,25,31)(H2,26,28,29);1H. The topological polar surface area (TPSA) is 95.6 Å². The number of primary amides is 1. The van der Waals surface area contributed by atoms with E-state index in [0.717, 1.165) is 62.3 Å². The Morgan fingerprint density at radius 1 is 1.19 bits per heavy atom. The molecule has 32 heavy (non-hydrogen) atoms. The van der Waals surface area contributed by atoms with Gasteiger partial charge in [0.05, 0.1) is 6.54 Å². The highest BCUT2D eigenvalue weighted by molar-refractivity contribution is 14.0. The number of rotatable bonds is 10. The molecule has 4 N–H and O–H groups in total. The molecule has 2 aliphatic rings. The number of nitrogens with one attached hydrogen (secondary N) is 2. The van der Waals surface area contributed by atoms with Crippen molar-refractivity contribution in [3.05, 3.63) is 23.9 Å². The third-order valence-corrected chi connectivity index (χ3v) is 6.62. The first kappa shape index (κ1) is 26.7. The van der Waals surface area contributed by atoms with Crippen LogP contribution in [0.5, 0.6) is 0 Å². The zero-order chi connectivity index (χ0) is 21.9. The molecular weight excluding hydrogens is 515 g/mol. The van der Waals surface area contributed by atoms with Gasteiger partial charge in [0.15, 0.2) is 5.96 Å². The lowest BCUT2D eigenvalue weighted by Crippen LogP contribution is -2.39. The van der Waals surface area contributed by atoms with E-state index in [0.29, 0.717) is 6.54 Å². The molecule has 0 bridgehead atoms. The van der Waals surface area contributed by atoms with E-state index < -0.39 is 0 Å². The number of carbonyl (C=O) groups excluding carboxylic acids is 1. The molecule has 1 saturated carbocycles. The average Bonchev–Trinajstić information content (AvgIpc) is 3.31. The number of hydrogen-bond acceptors (Lipinski definition) is 4. The molecule has 0 atom stereocenters. The summed E-state index contributed by atoms with van der Waals surface area (Å²) >= 11 is 0. The van der Waals surface area contributed by atoms with Crippen molar-refractivity contribution in [2.24, 2.45) is 22.6 Å². The maximum absolute atomic E-state index is 11.5. The van der Waals surface area contributed by atoms with Crippen LogP contribution in [0, 0.1) is 11.8 Å². The first-order valence-electron chi connectivity index (χ1n) is 12.2. The molecule has 1 amide bonds. The molecule has 1 aromatic rings. The van der Waals surface area contributed by atoms with E-state index in [2.05, 4.69) is 33.5 Å². The highest BCUT2D eigenvalue weighted by Crippen LogP contribution is 2.28. The van der Waals surface area contributed by atoms with Crippen LogP contribution < -0.4 is 21.3 Å². The van der Waals surface area contributed by atoms with Gasteiger partial charge in [-0.2, -0.15) is 0 Å². The number of hydrogen-bond donors (Lipinski definition) is 3. The predicted molar refractivity (Wildman–Crippen MR) is 142 cm³/mol. The Hall–Kier alpha value is -1.58. The van der Waals surface area contributed by atoms with E-state index in [1.165, 1.54) is 44.9 Å². The molecule has 180 valence electrons. The van der Waals surface area contributed by atoms with Gasteiger partial charge in [-0.25, -0.2) is 9.98 Å². The van der Waals surface area contributed by atoms with Gasteiger partial charge < -0.3 is 21.3 Å². The third-order valence-electron chi connectivity index (χ3n) is 6.62. The number of carbonyl (C=O) groups is 1. The maximum atomic E-state index is 11.5. The summed E-state index contributed by atoms with van der Waals surface area (Å²) in [6.07, 6.45) is 13.0. The van der Waals surface area contributed by atoms with Crippen LogP contribution in [0.25, 0.3) is 0 Å². The zero-order valence-corrected chi connectivity index (χ0v) is 21.9. The van der Waals surface area contributed by atoms with Crippen molar-refractivity contribution in [3.63, 3.8) is 0 Å². The Morgan fingerprint density at radius 2 is 1.94 bits per heavy atom. The zero-order valence-electron chi connectivity index (χ0n) is 19.5. The number of amides is 1. The lowest BCUT2D eigenvalue weighted by molar-refractivity contribution is -0.122. The van der Waals surface area contributed by atoms with Gasteiger partial charge in [-0.1, -0.05) is 44.6 Å². The van der Waals surface area contributed by atoms with Crippen LogP contribution in [0.2, 0.25) is 0 Å². The predicted octanol–water partition coefficient (Wildman–Crippen LogP) is 3.82. The third kappa shape index (κ3) is 8.41. The van der Waals surface area contributed by atoms with Gasteiger partial charge in [-0.3, -0.25) is 4.79 Å². The second-order valence-electron chi connectivity index (χ2n) is 8.92. The highest BCUT2D eigenvalue weighted by Gasteiger charge is 2.24. The lowest BCUT2D eigenvalue weighted by Gasteiger charge is -2.32. The number of guanidine groups is 1. The smallest absolute Gasteiger partial charge is 0.220 e. The normalized spacial score (nSPS) is 17.8. The van der Waals surface area contributed by atoms with Crippen molar-refractivity contribution in [1.82, 2.24) is 15.6 Å². The number of piperidine rings is 1. The van der Waals surface area contributed by atoms with Gasteiger partial charge in [-0.05, 0) is 38.2 Å². The molecule has 0 spiro atoms. The molecule has 1 aliphatic heterocycles. The molecule has 2 heterocycles. The minimum absolute atomic E-state index is 0. The Balaban J connectivity index is 0.00000363. The summed E-state index contributed by atoms with van der Waals surface area (Å²) < 4.78 is 0.